The summed E-state index contributed by atoms with van der Waals surface area (Å²) in [5.74, 6) is -0.330. The van der Waals surface area contributed by atoms with Crippen molar-refractivity contribution in [1.82, 2.24) is 9.78 Å². The molecule has 2 aromatic rings. The predicted octanol–water partition coefficient (Wildman–Crippen LogP) is 5.00. The molecule has 0 saturated heterocycles. The summed E-state index contributed by atoms with van der Waals surface area (Å²) in [7, 11) is 0. The van der Waals surface area contributed by atoms with Gasteiger partial charge in [-0.15, -0.1) is 0 Å². The maximum Gasteiger partial charge on any atom is 0.278 e. The van der Waals surface area contributed by atoms with Gasteiger partial charge in [0.1, 0.15) is 0 Å². The van der Waals surface area contributed by atoms with Gasteiger partial charge in [0.25, 0.3) is 11.6 Å². The molecule has 1 aromatic carbocycles. The quantitative estimate of drug-likeness (QED) is 0.359. The number of nitro groups is 1. The topological polar surface area (TPSA) is 78.0 Å². The number of rotatable bonds is 9. The number of aromatic nitrogens is 2. The van der Waals surface area contributed by atoms with Crippen molar-refractivity contribution in [2.45, 2.75) is 65.7 Å². The number of unbranched alkanes of at least 4 members (excludes halogenated alkanes) is 5. The van der Waals surface area contributed by atoms with Gasteiger partial charge in [0.05, 0.1) is 10.6 Å². The van der Waals surface area contributed by atoms with Gasteiger partial charge in [0.2, 0.25) is 0 Å². The molecule has 0 bridgehead atoms. The third kappa shape index (κ3) is 4.77. The van der Waals surface area contributed by atoms with Crippen molar-refractivity contribution in [2.24, 2.45) is 0 Å². The third-order valence-electron chi connectivity index (χ3n) is 4.72. The van der Waals surface area contributed by atoms with Gasteiger partial charge >= 0.3 is 0 Å². The van der Waals surface area contributed by atoms with Crippen molar-refractivity contribution >= 4 is 11.6 Å². The van der Waals surface area contributed by atoms with Crippen LogP contribution in [0.4, 0.5) is 5.69 Å². The molecule has 0 unspecified atom stereocenters. The van der Waals surface area contributed by atoms with Crippen molar-refractivity contribution in [2.75, 3.05) is 0 Å². The first-order valence-corrected chi connectivity index (χ1v) is 9.30. The van der Waals surface area contributed by atoms with Gasteiger partial charge in [-0.2, -0.15) is 5.10 Å². The summed E-state index contributed by atoms with van der Waals surface area (Å²) in [4.78, 5) is 23.2. The highest BCUT2D eigenvalue weighted by molar-refractivity contribution is 5.96. The van der Waals surface area contributed by atoms with Gasteiger partial charge in [-0.05, 0) is 38.3 Å². The van der Waals surface area contributed by atoms with E-state index in [1.165, 1.54) is 55.0 Å². The SMILES string of the molecule is CCCCCCCCc1c(C)nn(C(=O)c2cccc([N+](=O)[O-])c2)c1C. The number of hydrogen-bond donors (Lipinski definition) is 0. The molecule has 6 nitrogen and oxygen atoms in total. The molecule has 140 valence electrons. The first kappa shape index (κ1) is 19.8. The molecular formula is C20H27N3O3. The minimum absolute atomic E-state index is 0.0929. The largest absolute Gasteiger partial charge is 0.278 e. The molecule has 1 aromatic heterocycles. The van der Waals surface area contributed by atoms with Crippen LogP contribution in [-0.4, -0.2) is 20.6 Å². The van der Waals surface area contributed by atoms with E-state index in [1.807, 2.05) is 13.8 Å². The van der Waals surface area contributed by atoms with E-state index < -0.39 is 4.92 Å². The molecule has 0 aliphatic carbocycles. The maximum atomic E-state index is 12.7. The van der Waals surface area contributed by atoms with Crippen molar-refractivity contribution in [3.05, 3.63) is 56.9 Å². The summed E-state index contributed by atoms with van der Waals surface area (Å²) in [6, 6.07) is 5.78. The average molecular weight is 357 g/mol. The third-order valence-corrected chi connectivity index (χ3v) is 4.72. The average Bonchev–Trinajstić information content (AvgIpc) is 2.92. The second-order valence-electron chi connectivity index (χ2n) is 6.69. The van der Waals surface area contributed by atoms with Crippen LogP contribution in [0.5, 0.6) is 0 Å². The Hall–Kier alpha value is -2.50. The van der Waals surface area contributed by atoms with Gasteiger partial charge in [-0.25, -0.2) is 4.68 Å². The highest BCUT2D eigenvalue weighted by Gasteiger charge is 2.19. The number of nitro benzene ring substituents is 1. The monoisotopic (exact) mass is 357 g/mol. The fourth-order valence-corrected chi connectivity index (χ4v) is 3.19. The molecule has 1 heterocycles. The molecule has 0 spiro atoms. The van der Waals surface area contributed by atoms with Crippen LogP contribution in [0.1, 0.15) is 72.8 Å². The second kappa shape index (κ2) is 9.27. The molecule has 0 radical (unpaired) electrons. The number of nitrogens with zero attached hydrogens (tertiary/aromatic N) is 3. The fraction of sp³-hybridized carbons (Fsp3) is 0.500. The normalized spacial score (nSPS) is 10.9. The first-order chi connectivity index (χ1) is 12.5. The Balaban J connectivity index is 2.10. The highest BCUT2D eigenvalue weighted by atomic mass is 16.6. The first-order valence-electron chi connectivity index (χ1n) is 9.30. The van der Waals surface area contributed by atoms with Crippen molar-refractivity contribution in [3.8, 4) is 0 Å². The molecule has 0 N–H and O–H groups in total. The summed E-state index contributed by atoms with van der Waals surface area (Å²) >= 11 is 0. The Kier molecular flexibility index (Phi) is 7.06. The lowest BCUT2D eigenvalue weighted by molar-refractivity contribution is -0.384. The van der Waals surface area contributed by atoms with Gasteiger partial charge in [-0.1, -0.05) is 45.1 Å². The minimum Gasteiger partial charge on any atom is -0.267 e. The molecule has 26 heavy (non-hydrogen) atoms. The second-order valence-corrected chi connectivity index (χ2v) is 6.69. The lowest BCUT2D eigenvalue weighted by Gasteiger charge is -2.05. The van der Waals surface area contributed by atoms with Gasteiger partial charge in [0.15, 0.2) is 0 Å². The predicted molar refractivity (Wildman–Crippen MR) is 102 cm³/mol. The molecule has 0 aliphatic heterocycles. The van der Waals surface area contributed by atoms with Crippen LogP contribution in [0.3, 0.4) is 0 Å². The van der Waals surface area contributed by atoms with E-state index in [0.717, 1.165) is 29.8 Å². The lowest BCUT2D eigenvalue weighted by atomic mass is 10.0. The van der Waals surface area contributed by atoms with Gasteiger partial charge < -0.3 is 0 Å². The summed E-state index contributed by atoms with van der Waals surface area (Å²) in [6.07, 6.45) is 8.22. The molecule has 0 saturated carbocycles. The van der Waals surface area contributed by atoms with E-state index in [-0.39, 0.29) is 17.2 Å². The number of aryl methyl sites for hydroxylation is 1. The zero-order chi connectivity index (χ0) is 19.1. The molecule has 2 rings (SSSR count). The summed E-state index contributed by atoms with van der Waals surface area (Å²) in [5.41, 5.74) is 2.97. The number of non-ortho nitro benzene ring substituents is 1. The van der Waals surface area contributed by atoms with Crippen molar-refractivity contribution in [1.29, 1.82) is 0 Å². The molecule has 0 fully saturated rings. The molecular weight excluding hydrogens is 330 g/mol. The zero-order valence-electron chi connectivity index (χ0n) is 15.8. The minimum atomic E-state index is -0.498. The van der Waals surface area contributed by atoms with Crippen LogP contribution in [0.25, 0.3) is 0 Å². The zero-order valence-corrected chi connectivity index (χ0v) is 15.8. The van der Waals surface area contributed by atoms with Crippen LogP contribution in [0.15, 0.2) is 24.3 Å². The highest BCUT2D eigenvalue weighted by Crippen LogP contribution is 2.20. The van der Waals surface area contributed by atoms with Crippen LogP contribution in [0.2, 0.25) is 0 Å². The van der Waals surface area contributed by atoms with Gasteiger partial charge in [-0.3, -0.25) is 14.9 Å². The van der Waals surface area contributed by atoms with E-state index in [4.69, 9.17) is 0 Å². The van der Waals surface area contributed by atoms with Crippen LogP contribution >= 0.6 is 0 Å². The number of benzene rings is 1. The number of carbonyl (C=O) groups is 1. The van der Waals surface area contributed by atoms with E-state index in [0.29, 0.717) is 0 Å². The van der Waals surface area contributed by atoms with E-state index >= 15 is 0 Å². The summed E-state index contributed by atoms with van der Waals surface area (Å²) in [5, 5.41) is 15.3. The fourth-order valence-electron chi connectivity index (χ4n) is 3.19. The Morgan fingerprint density at radius 3 is 2.54 bits per heavy atom. The Bertz CT molecular complexity index is 781. The van der Waals surface area contributed by atoms with E-state index in [1.54, 1.807) is 6.07 Å². The molecule has 0 amide bonds. The summed E-state index contributed by atoms with van der Waals surface area (Å²) in [6.45, 7) is 6.01. The van der Waals surface area contributed by atoms with Crippen molar-refractivity contribution in [3.63, 3.8) is 0 Å². The lowest BCUT2D eigenvalue weighted by Crippen LogP contribution is -2.15. The van der Waals surface area contributed by atoms with Crippen molar-refractivity contribution < 1.29 is 9.72 Å². The number of hydrogen-bond acceptors (Lipinski definition) is 4. The molecule has 6 heteroatoms. The van der Waals surface area contributed by atoms with Crippen LogP contribution in [-0.2, 0) is 6.42 Å². The summed E-state index contributed by atoms with van der Waals surface area (Å²) < 4.78 is 1.38. The molecule has 0 aliphatic rings. The van der Waals surface area contributed by atoms with Crippen LogP contribution in [0, 0.1) is 24.0 Å². The van der Waals surface area contributed by atoms with Crippen LogP contribution < -0.4 is 0 Å². The smallest absolute Gasteiger partial charge is 0.267 e. The van der Waals surface area contributed by atoms with E-state index in [9.17, 15) is 14.9 Å². The van der Waals surface area contributed by atoms with E-state index in [2.05, 4.69) is 12.0 Å². The van der Waals surface area contributed by atoms with Gasteiger partial charge in [0, 0.05) is 23.4 Å². The Morgan fingerprint density at radius 1 is 1.15 bits per heavy atom. The molecule has 0 atom stereocenters. The maximum absolute atomic E-state index is 12.7. The Morgan fingerprint density at radius 2 is 1.85 bits per heavy atom. The Labute approximate surface area is 154 Å². The standard InChI is InChI=1S/C20H27N3O3/c1-4-5-6-7-8-9-13-19-15(2)21-22(16(19)3)20(24)17-11-10-12-18(14-17)23(25)26/h10-12,14H,4-9,13H2,1-3H3. The number of carbonyl (C=O) groups excluding carboxylic acids is 1.